The number of hydrogen-bond acceptors (Lipinski definition) is 4. The van der Waals surface area contributed by atoms with Crippen LogP contribution >= 0.6 is 11.6 Å². The third kappa shape index (κ3) is 5.21. The van der Waals surface area contributed by atoms with Crippen LogP contribution in [0.15, 0.2) is 72.8 Å². The molecule has 0 aliphatic heterocycles. The van der Waals surface area contributed by atoms with E-state index in [0.717, 1.165) is 0 Å². The summed E-state index contributed by atoms with van der Waals surface area (Å²) >= 11 is 6.03. The number of rotatable bonds is 7. The van der Waals surface area contributed by atoms with Gasteiger partial charge >= 0.3 is 0 Å². The molecule has 3 N–H and O–H groups in total. The van der Waals surface area contributed by atoms with Crippen LogP contribution in [0.1, 0.15) is 26.3 Å². The molecule has 3 aromatic rings. The number of primary amides is 1. The molecule has 0 atom stereocenters. The maximum absolute atomic E-state index is 12.8. The number of halogens is 1. The predicted octanol–water partition coefficient (Wildman–Crippen LogP) is 3.69. The minimum Gasteiger partial charge on any atom is -0.483 e. The van der Waals surface area contributed by atoms with Gasteiger partial charge in [0.25, 0.3) is 5.91 Å². The second-order valence-electron chi connectivity index (χ2n) is 6.11. The lowest BCUT2D eigenvalue weighted by molar-refractivity contribution is -0.118. The van der Waals surface area contributed by atoms with Crippen molar-refractivity contribution >= 4 is 34.9 Å². The zero-order valence-electron chi connectivity index (χ0n) is 15.2. The van der Waals surface area contributed by atoms with E-state index in [1.165, 1.54) is 18.2 Å². The number of nitrogens with two attached hydrogens (primary N) is 1. The molecular formula is C22H17ClN2O4. The molecule has 0 spiro atoms. The number of hydrogen-bond donors (Lipinski definition) is 2. The largest absolute Gasteiger partial charge is 0.483 e. The highest BCUT2D eigenvalue weighted by Gasteiger charge is 2.16. The molecule has 2 amide bonds. The molecule has 0 fully saturated rings. The van der Waals surface area contributed by atoms with Crippen LogP contribution < -0.4 is 15.8 Å². The summed E-state index contributed by atoms with van der Waals surface area (Å²) in [6.07, 6.45) is 0. The first-order chi connectivity index (χ1) is 13.9. The Morgan fingerprint density at radius 2 is 1.59 bits per heavy atom. The Labute approximate surface area is 172 Å². The van der Waals surface area contributed by atoms with Crippen LogP contribution in [0.5, 0.6) is 5.75 Å². The summed E-state index contributed by atoms with van der Waals surface area (Å²) in [6.45, 7) is -0.311. The molecule has 29 heavy (non-hydrogen) atoms. The first-order valence-electron chi connectivity index (χ1n) is 8.66. The molecule has 0 aliphatic carbocycles. The van der Waals surface area contributed by atoms with Crippen molar-refractivity contribution in [1.29, 1.82) is 0 Å². The fourth-order valence-corrected chi connectivity index (χ4v) is 2.78. The topological polar surface area (TPSA) is 98.5 Å². The SMILES string of the molecule is NC(=O)c1ccc(NC(=O)COc2ccc(Cl)cc2C(=O)c2ccccc2)cc1. The van der Waals surface area contributed by atoms with Crippen LogP contribution in [0.3, 0.4) is 0 Å². The van der Waals surface area contributed by atoms with Crippen molar-refractivity contribution in [2.75, 3.05) is 11.9 Å². The Morgan fingerprint density at radius 1 is 0.897 bits per heavy atom. The maximum atomic E-state index is 12.8. The fourth-order valence-electron chi connectivity index (χ4n) is 2.61. The molecule has 0 bridgehead atoms. The van der Waals surface area contributed by atoms with Crippen molar-refractivity contribution in [2.24, 2.45) is 5.73 Å². The number of carbonyl (C=O) groups is 3. The molecule has 7 heteroatoms. The monoisotopic (exact) mass is 408 g/mol. The van der Waals surface area contributed by atoms with E-state index in [9.17, 15) is 14.4 Å². The number of nitrogens with one attached hydrogen (secondary N) is 1. The molecule has 146 valence electrons. The van der Waals surface area contributed by atoms with Gasteiger partial charge in [-0.2, -0.15) is 0 Å². The average molecular weight is 409 g/mol. The number of carbonyl (C=O) groups excluding carboxylic acids is 3. The minimum atomic E-state index is -0.551. The van der Waals surface area contributed by atoms with Crippen molar-refractivity contribution in [2.45, 2.75) is 0 Å². The lowest BCUT2D eigenvalue weighted by Gasteiger charge is -2.12. The van der Waals surface area contributed by atoms with Crippen molar-refractivity contribution < 1.29 is 19.1 Å². The molecule has 0 unspecified atom stereocenters. The minimum absolute atomic E-state index is 0.252. The van der Waals surface area contributed by atoms with Gasteiger partial charge in [-0.3, -0.25) is 14.4 Å². The van der Waals surface area contributed by atoms with E-state index >= 15 is 0 Å². The summed E-state index contributed by atoms with van der Waals surface area (Å²) in [4.78, 5) is 36.0. The molecular weight excluding hydrogens is 392 g/mol. The van der Waals surface area contributed by atoms with Crippen molar-refractivity contribution in [1.82, 2.24) is 0 Å². The zero-order valence-corrected chi connectivity index (χ0v) is 16.0. The number of anilines is 1. The van der Waals surface area contributed by atoms with E-state index in [-0.39, 0.29) is 23.7 Å². The predicted molar refractivity (Wildman–Crippen MR) is 110 cm³/mol. The van der Waals surface area contributed by atoms with Gasteiger partial charge in [0.2, 0.25) is 5.91 Å². The van der Waals surface area contributed by atoms with Crippen LogP contribution in [0.4, 0.5) is 5.69 Å². The van der Waals surface area contributed by atoms with E-state index < -0.39 is 11.8 Å². The van der Waals surface area contributed by atoms with E-state index in [4.69, 9.17) is 22.1 Å². The first-order valence-corrected chi connectivity index (χ1v) is 9.03. The lowest BCUT2D eigenvalue weighted by Crippen LogP contribution is -2.21. The number of ether oxygens (including phenoxy) is 1. The molecule has 0 saturated heterocycles. The summed E-state index contributed by atoms with van der Waals surface area (Å²) in [5.74, 6) is -0.984. The van der Waals surface area contributed by atoms with Crippen LogP contribution in [0.2, 0.25) is 5.02 Å². The van der Waals surface area contributed by atoms with Crippen molar-refractivity contribution in [3.63, 3.8) is 0 Å². The van der Waals surface area contributed by atoms with Gasteiger partial charge in [-0.25, -0.2) is 0 Å². The molecule has 0 aliphatic rings. The molecule has 3 aromatic carbocycles. The Bertz CT molecular complexity index is 1050. The first kappa shape index (κ1) is 20.1. The second kappa shape index (κ2) is 9.03. The molecule has 0 saturated carbocycles. The lowest BCUT2D eigenvalue weighted by atomic mass is 10.0. The molecule has 3 rings (SSSR count). The highest BCUT2D eigenvalue weighted by Crippen LogP contribution is 2.25. The van der Waals surface area contributed by atoms with Crippen LogP contribution in [-0.2, 0) is 4.79 Å². The van der Waals surface area contributed by atoms with E-state index in [1.807, 2.05) is 6.07 Å². The molecule has 0 heterocycles. The number of amides is 2. The van der Waals surface area contributed by atoms with Crippen molar-refractivity contribution in [3.8, 4) is 5.75 Å². The number of benzene rings is 3. The third-order valence-corrected chi connectivity index (χ3v) is 4.27. The van der Waals surface area contributed by atoms with Gasteiger partial charge in [-0.1, -0.05) is 41.9 Å². The number of ketones is 1. The Morgan fingerprint density at radius 3 is 2.24 bits per heavy atom. The molecule has 0 radical (unpaired) electrons. The molecule has 6 nitrogen and oxygen atoms in total. The van der Waals surface area contributed by atoms with Gasteiger partial charge in [0.05, 0.1) is 5.56 Å². The van der Waals surface area contributed by atoms with E-state index in [1.54, 1.807) is 48.5 Å². The van der Waals surface area contributed by atoms with Gasteiger partial charge in [0.1, 0.15) is 5.75 Å². The average Bonchev–Trinajstić information content (AvgIpc) is 2.73. The quantitative estimate of drug-likeness (QED) is 0.582. The van der Waals surface area contributed by atoms with Gasteiger partial charge in [-0.15, -0.1) is 0 Å². The van der Waals surface area contributed by atoms with Crippen molar-refractivity contribution in [3.05, 3.63) is 94.5 Å². The Balaban J connectivity index is 1.69. The molecule has 0 aromatic heterocycles. The van der Waals surface area contributed by atoms with Crippen LogP contribution in [0, 0.1) is 0 Å². The fraction of sp³-hybridized carbons (Fsp3) is 0.0455. The highest BCUT2D eigenvalue weighted by atomic mass is 35.5. The summed E-state index contributed by atoms with van der Waals surface area (Å²) in [6, 6.07) is 19.5. The normalized spacial score (nSPS) is 10.2. The van der Waals surface area contributed by atoms with E-state index in [2.05, 4.69) is 5.32 Å². The van der Waals surface area contributed by atoms with Gasteiger partial charge in [0, 0.05) is 21.8 Å². The van der Waals surface area contributed by atoms with E-state index in [0.29, 0.717) is 21.8 Å². The Hall–Kier alpha value is -3.64. The van der Waals surface area contributed by atoms with Gasteiger partial charge < -0.3 is 15.8 Å². The second-order valence-corrected chi connectivity index (χ2v) is 6.55. The highest BCUT2D eigenvalue weighted by molar-refractivity contribution is 6.31. The summed E-state index contributed by atoms with van der Waals surface area (Å²) < 4.78 is 5.57. The summed E-state index contributed by atoms with van der Waals surface area (Å²) in [5, 5.41) is 3.03. The third-order valence-electron chi connectivity index (χ3n) is 4.03. The van der Waals surface area contributed by atoms with Gasteiger partial charge in [0.15, 0.2) is 12.4 Å². The zero-order chi connectivity index (χ0) is 20.8. The summed E-state index contributed by atoms with van der Waals surface area (Å²) in [5.41, 5.74) is 6.76. The smallest absolute Gasteiger partial charge is 0.262 e. The summed E-state index contributed by atoms with van der Waals surface area (Å²) in [7, 11) is 0. The van der Waals surface area contributed by atoms with Gasteiger partial charge in [-0.05, 0) is 42.5 Å². The standard InChI is InChI=1S/C22H17ClN2O4/c23-16-8-11-19(18(12-16)21(27)14-4-2-1-3-5-14)29-13-20(26)25-17-9-6-15(7-10-17)22(24)28/h1-12H,13H2,(H2,24,28)(H,25,26). The van der Waals surface area contributed by atoms with Crippen LogP contribution in [0.25, 0.3) is 0 Å². The Kier molecular flexibility index (Phi) is 6.26. The van der Waals surface area contributed by atoms with Crippen LogP contribution in [-0.4, -0.2) is 24.2 Å². The maximum Gasteiger partial charge on any atom is 0.262 e.